The Kier molecular flexibility index (Phi) is 3.31. The van der Waals surface area contributed by atoms with E-state index in [-0.39, 0.29) is 0 Å². The predicted molar refractivity (Wildman–Crippen MR) is 76.9 cm³/mol. The highest BCUT2D eigenvalue weighted by Gasteiger charge is 2.16. The van der Waals surface area contributed by atoms with Crippen LogP contribution in [0.2, 0.25) is 0 Å². The lowest BCUT2D eigenvalue weighted by atomic mass is 10.1. The molecule has 4 heteroatoms. The van der Waals surface area contributed by atoms with Gasteiger partial charge in [-0.3, -0.25) is 0 Å². The molecule has 20 heavy (non-hydrogen) atoms. The minimum absolute atomic E-state index is 0.400. The van der Waals surface area contributed by atoms with Crippen LogP contribution in [0.4, 0.5) is 0 Å². The van der Waals surface area contributed by atoms with Crippen LogP contribution in [0.5, 0.6) is 0 Å². The molecule has 0 radical (unpaired) electrons. The SMILES string of the molecule is Cc1ccc(-c2nnc(C(N)c3ccccc3)o2)cc1. The number of rotatable bonds is 3. The maximum atomic E-state index is 6.14. The van der Waals surface area contributed by atoms with Gasteiger partial charge in [-0.1, -0.05) is 48.0 Å². The molecule has 3 rings (SSSR count). The zero-order valence-corrected chi connectivity index (χ0v) is 11.2. The number of aryl methyl sites for hydroxylation is 1. The van der Waals surface area contributed by atoms with Gasteiger partial charge in [-0.25, -0.2) is 0 Å². The van der Waals surface area contributed by atoms with Crippen molar-refractivity contribution in [2.75, 3.05) is 0 Å². The molecule has 2 aromatic carbocycles. The molecule has 0 saturated heterocycles. The molecule has 100 valence electrons. The van der Waals surface area contributed by atoms with Crippen LogP contribution in [0.25, 0.3) is 11.5 Å². The minimum Gasteiger partial charge on any atom is -0.419 e. The van der Waals surface area contributed by atoms with Gasteiger partial charge in [0.05, 0.1) is 0 Å². The van der Waals surface area contributed by atoms with E-state index >= 15 is 0 Å². The molecule has 1 unspecified atom stereocenters. The number of benzene rings is 2. The summed E-state index contributed by atoms with van der Waals surface area (Å²) in [6.45, 7) is 2.04. The number of nitrogens with zero attached hydrogens (tertiary/aromatic N) is 2. The molecule has 0 saturated carbocycles. The number of aromatic nitrogens is 2. The zero-order chi connectivity index (χ0) is 13.9. The second-order valence-corrected chi connectivity index (χ2v) is 4.70. The summed E-state index contributed by atoms with van der Waals surface area (Å²) >= 11 is 0. The first kappa shape index (κ1) is 12.6. The van der Waals surface area contributed by atoms with Gasteiger partial charge in [0, 0.05) is 5.56 Å². The van der Waals surface area contributed by atoms with Gasteiger partial charge in [-0.15, -0.1) is 10.2 Å². The summed E-state index contributed by atoms with van der Waals surface area (Å²) in [6.07, 6.45) is 0. The molecule has 1 aromatic heterocycles. The average Bonchev–Trinajstić information content (AvgIpc) is 2.98. The summed E-state index contributed by atoms with van der Waals surface area (Å²) < 4.78 is 5.68. The average molecular weight is 265 g/mol. The van der Waals surface area contributed by atoms with Gasteiger partial charge in [-0.05, 0) is 24.6 Å². The van der Waals surface area contributed by atoms with Gasteiger partial charge in [0.2, 0.25) is 11.8 Å². The summed E-state index contributed by atoms with van der Waals surface area (Å²) in [5.41, 5.74) is 9.17. The lowest BCUT2D eigenvalue weighted by molar-refractivity contribution is 0.484. The Balaban J connectivity index is 1.89. The Morgan fingerprint density at radius 1 is 0.950 bits per heavy atom. The van der Waals surface area contributed by atoms with Crippen LogP contribution in [0.15, 0.2) is 59.0 Å². The van der Waals surface area contributed by atoms with Crippen molar-refractivity contribution in [2.45, 2.75) is 13.0 Å². The van der Waals surface area contributed by atoms with E-state index in [0.29, 0.717) is 11.8 Å². The highest BCUT2D eigenvalue weighted by atomic mass is 16.4. The molecule has 0 bridgehead atoms. The minimum atomic E-state index is -0.400. The van der Waals surface area contributed by atoms with Crippen LogP contribution in [-0.2, 0) is 0 Å². The first-order valence-corrected chi connectivity index (χ1v) is 6.45. The van der Waals surface area contributed by atoms with Crippen molar-refractivity contribution in [3.63, 3.8) is 0 Å². The fraction of sp³-hybridized carbons (Fsp3) is 0.125. The summed E-state index contributed by atoms with van der Waals surface area (Å²) in [6, 6.07) is 17.2. The van der Waals surface area contributed by atoms with Gasteiger partial charge in [0.15, 0.2) is 0 Å². The Morgan fingerprint density at radius 3 is 2.35 bits per heavy atom. The Morgan fingerprint density at radius 2 is 1.65 bits per heavy atom. The number of hydrogen-bond acceptors (Lipinski definition) is 4. The van der Waals surface area contributed by atoms with Crippen molar-refractivity contribution in [2.24, 2.45) is 5.73 Å². The predicted octanol–water partition coefficient (Wildman–Crippen LogP) is 3.09. The molecule has 2 N–H and O–H groups in total. The summed E-state index contributed by atoms with van der Waals surface area (Å²) in [4.78, 5) is 0. The van der Waals surface area contributed by atoms with Gasteiger partial charge >= 0.3 is 0 Å². The van der Waals surface area contributed by atoms with Crippen LogP contribution >= 0.6 is 0 Å². The van der Waals surface area contributed by atoms with E-state index in [1.165, 1.54) is 5.56 Å². The third-order valence-electron chi connectivity index (χ3n) is 3.16. The van der Waals surface area contributed by atoms with Gasteiger partial charge < -0.3 is 10.2 Å². The smallest absolute Gasteiger partial charge is 0.247 e. The van der Waals surface area contributed by atoms with Gasteiger partial charge in [0.25, 0.3) is 0 Å². The largest absolute Gasteiger partial charge is 0.419 e. The molecule has 0 aliphatic rings. The normalized spacial score (nSPS) is 12.3. The molecule has 1 heterocycles. The quantitative estimate of drug-likeness (QED) is 0.790. The van der Waals surface area contributed by atoms with E-state index in [2.05, 4.69) is 10.2 Å². The monoisotopic (exact) mass is 265 g/mol. The number of nitrogens with two attached hydrogens (primary N) is 1. The lowest BCUT2D eigenvalue weighted by Crippen LogP contribution is -2.11. The lowest BCUT2D eigenvalue weighted by Gasteiger charge is -2.06. The van der Waals surface area contributed by atoms with Crippen LogP contribution in [-0.4, -0.2) is 10.2 Å². The van der Waals surface area contributed by atoms with E-state index in [0.717, 1.165) is 11.1 Å². The van der Waals surface area contributed by atoms with Gasteiger partial charge in [0.1, 0.15) is 6.04 Å². The molecule has 0 aliphatic carbocycles. The molecule has 4 nitrogen and oxygen atoms in total. The van der Waals surface area contributed by atoms with Crippen molar-refractivity contribution in [1.82, 2.24) is 10.2 Å². The standard InChI is InChI=1S/C16H15N3O/c1-11-7-9-13(10-8-11)15-18-19-16(20-15)14(17)12-5-3-2-4-6-12/h2-10,14H,17H2,1H3. The Bertz CT molecular complexity index is 689. The van der Waals surface area contributed by atoms with Crippen molar-refractivity contribution >= 4 is 0 Å². The molecule has 1 atom stereocenters. The third-order valence-corrected chi connectivity index (χ3v) is 3.16. The maximum absolute atomic E-state index is 6.14. The molecular formula is C16H15N3O. The maximum Gasteiger partial charge on any atom is 0.247 e. The van der Waals surface area contributed by atoms with Crippen LogP contribution in [0, 0.1) is 6.92 Å². The highest BCUT2D eigenvalue weighted by molar-refractivity contribution is 5.52. The fourth-order valence-electron chi connectivity index (χ4n) is 1.98. The Labute approximate surface area is 117 Å². The first-order chi connectivity index (χ1) is 9.74. The Hall–Kier alpha value is -2.46. The summed E-state index contributed by atoms with van der Waals surface area (Å²) in [5, 5.41) is 8.12. The van der Waals surface area contributed by atoms with Crippen molar-refractivity contribution in [1.29, 1.82) is 0 Å². The molecule has 0 amide bonds. The van der Waals surface area contributed by atoms with E-state index < -0.39 is 6.04 Å². The van der Waals surface area contributed by atoms with Crippen molar-refractivity contribution in [3.8, 4) is 11.5 Å². The summed E-state index contributed by atoms with van der Waals surface area (Å²) in [7, 11) is 0. The molecular weight excluding hydrogens is 250 g/mol. The second kappa shape index (κ2) is 5.27. The summed E-state index contributed by atoms with van der Waals surface area (Å²) in [5.74, 6) is 0.915. The molecule has 0 fully saturated rings. The fourth-order valence-corrected chi connectivity index (χ4v) is 1.98. The third kappa shape index (κ3) is 2.46. The zero-order valence-electron chi connectivity index (χ0n) is 11.2. The van der Waals surface area contributed by atoms with E-state index in [9.17, 15) is 0 Å². The number of hydrogen-bond donors (Lipinski definition) is 1. The van der Waals surface area contributed by atoms with Crippen molar-refractivity contribution < 1.29 is 4.42 Å². The molecule has 0 aliphatic heterocycles. The van der Waals surface area contributed by atoms with E-state index in [4.69, 9.17) is 10.2 Å². The van der Waals surface area contributed by atoms with E-state index in [1.807, 2.05) is 61.5 Å². The van der Waals surface area contributed by atoms with Crippen LogP contribution < -0.4 is 5.73 Å². The van der Waals surface area contributed by atoms with Crippen LogP contribution in [0.1, 0.15) is 23.1 Å². The van der Waals surface area contributed by atoms with Gasteiger partial charge in [-0.2, -0.15) is 0 Å². The second-order valence-electron chi connectivity index (χ2n) is 4.70. The topological polar surface area (TPSA) is 64.9 Å². The molecule has 3 aromatic rings. The highest BCUT2D eigenvalue weighted by Crippen LogP contribution is 2.23. The van der Waals surface area contributed by atoms with E-state index in [1.54, 1.807) is 0 Å². The first-order valence-electron chi connectivity index (χ1n) is 6.45. The molecule has 0 spiro atoms. The van der Waals surface area contributed by atoms with Crippen molar-refractivity contribution in [3.05, 3.63) is 71.6 Å². The van der Waals surface area contributed by atoms with Crippen LogP contribution in [0.3, 0.4) is 0 Å².